The molecule has 0 spiro atoms. The maximum Gasteiger partial charge on any atom is 0.132 e. The van der Waals surface area contributed by atoms with E-state index in [0.717, 1.165) is 25.9 Å². The molecule has 0 aromatic carbocycles. The van der Waals surface area contributed by atoms with E-state index in [1.807, 2.05) is 30.6 Å². The molecule has 3 rings (SSSR count). The number of hydrogen-bond donors (Lipinski definition) is 1. The zero-order chi connectivity index (χ0) is 15.2. The highest BCUT2D eigenvalue weighted by Gasteiger charge is 2.25. The predicted molar refractivity (Wildman–Crippen MR) is 85.2 cm³/mol. The van der Waals surface area contributed by atoms with Crippen LogP contribution in [0.5, 0.6) is 0 Å². The van der Waals surface area contributed by atoms with Gasteiger partial charge in [-0.3, -0.25) is 9.88 Å². The molecule has 22 heavy (non-hydrogen) atoms. The van der Waals surface area contributed by atoms with Gasteiger partial charge in [-0.1, -0.05) is 18.9 Å². The number of rotatable bonds is 5. The topological polar surface area (TPSA) is 49.5 Å². The van der Waals surface area contributed by atoms with Crippen molar-refractivity contribution in [2.75, 3.05) is 6.54 Å². The zero-order valence-corrected chi connectivity index (χ0v) is 12.9. The lowest BCUT2D eigenvalue weighted by molar-refractivity contribution is 0.0830. The molecule has 2 unspecified atom stereocenters. The average molecular weight is 300 g/mol. The van der Waals surface area contributed by atoms with Gasteiger partial charge in [0.05, 0.1) is 6.26 Å². The smallest absolute Gasteiger partial charge is 0.132 e. The van der Waals surface area contributed by atoms with Crippen LogP contribution in [0.25, 0.3) is 0 Å². The van der Waals surface area contributed by atoms with Gasteiger partial charge in [-0.05, 0) is 49.6 Å². The van der Waals surface area contributed by atoms with Crippen molar-refractivity contribution < 1.29 is 9.52 Å². The Hall–Kier alpha value is -1.65. The molecule has 4 nitrogen and oxygen atoms in total. The molecule has 0 saturated carbocycles. The highest BCUT2D eigenvalue weighted by molar-refractivity contribution is 5.09. The zero-order valence-electron chi connectivity index (χ0n) is 12.9. The van der Waals surface area contributed by atoms with Gasteiger partial charge in [-0.25, -0.2) is 0 Å². The third-order valence-corrected chi connectivity index (χ3v) is 4.47. The third kappa shape index (κ3) is 3.96. The van der Waals surface area contributed by atoms with Crippen molar-refractivity contribution in [2.45, 2.75) is 50.8 Å². The van der Waals surface area contributed by atoms with E-state index in [9.17, 15) is 5.11 Å². The highest BCUT2D eigenvalue weighted by Crippen LogP contribution is 2.27. The molecule has 1 fully saturated rings. The first kappa shape index (κ1) is 15.3. The largest absolute Gasteiger partial charge is 0.467 e. The molecule has 2 aromatic rings. The number of aliphatic hydroxyl groups excluding tert-OH is 1. The first-order valence-corrected chi connectivity index (χ1v) is 8.17. The fourth-order valence-electron chi connectivity index (χ4n) is 3.29. The standard InChI is InChI=1S/C18H24N2O2/c21-17(18-8-5-11-22-18)12-16-7-2-1-3-10-20(16)14-15-6-4-9-19-13-15/h4-6,8-9,11,13,16-17,21H,1-3,7,10,12,14H2. The van der Waals surface area contributed by atoms with Crippen molar-refractivity contribution in [3.63, 3.8) is 0 Å². The van der Waals surface area contributed by atoms with Crippen LogP contribution in [0.4, 0.5) is 0 Å². The maximum atomic E-state index is 10.4. The molecule has 1 aliphatic heterocycles. The van der Waals surface area contributed by atoms with Crippen LogP contribution in [-0.2, 0) is 6.54 Å². The Kier molecular flexibility index (Phi) is 5.24. The number of pyridine rings is 1. The first-order chi connectivity index (χ1) is 10.8. The summed E-state index contributed by atoms with van der Waals surface area (Å²) in [6.07, 6.45) is 10.5. The molecule has 0 radical (unpaired) electrons. The molecule has 2 aromatic heterocycles. The molecule has 0 amide bonds. The Morgan fingerprint density at radius 1 is 1.27 bits per heavy atom. The summed E-state index contributed by atoms with van der Waals surface area (Å²) in [5.41, 5.74) is 1.24. The molecule has 1 saturated heterocycles. The monoisotopic (exact) mass is 300 g/mol. The summed E-state index contributed by atoms with van der Waals surface area (Å²) in [5, 5.41) is 10.4. The lowest BCUT2D eigenvalue weighted by Crippen LogP contribution is -2.35. The van der Waals surface area contributed by atoms with Gasteiger partial charge in [0.2, 0.25) is 0 Å². The van der Waals surface area contributed by atoms with Crippen molar-refractivity contribution in [1.29, 1.82) is 0 Å². The number of aliphatic hydroxyl groups is 1. The molecule has 0 aliphatic carbocycles. The minimum Gasteiger partial charge on any atom is -0.467 e. The summed E-state index contributed by atoms with van der Waals surface area (Å²) in [4.78, 5) is 6.71. The molecule has 1 N–H and O–H groups in total. The molecular weight excluding hydrogens is 276 g/mol. The van der Waals surface area contributed by atoms with E-state index < -0.39 is 6.10 Å². The molecule has 3 heterocycles. The van der Waals surface area contributed by atoms with Crippen molar-refractivity contribution in [2.24, 2.45) is 0 Å². The Morgan fingerprint density at radius 2 is 2.23 bits per heavy atom. The maximum absolute atomic E-state index is 10.4. The summed E-state index contributed by atoms with van der Waals surface area (Å²) >= 11 is 0. The minimum atomic E-state index is -0.519. The number of nitrogens with zero attached hydrogens (tertiary/aromatic N) is 2. The lowest BCUT2D eigenvalue weighted by atomic mass is 10.0. The second-order valence-electron chi connectivity index (χ2n) is 6.10. The molecular formula is C18H24N2O2. The van der Waals surface area contributed by atoms with Crippen LogP contribution in [0.3, 0.4) is 0 Å². The Bertz CT molecular complexity index is 541. The molecule has 1 aliphatic rings. The van der Waals surface area contributed by atoms with Crippen LogP contribution in [0.1, 0.15) is 49.5 Å². The Morgan fingerprint density at radius 3 is 3.00 bits per heavy atom. The normalized spacial score (nSPS) is 21.4. The molecule has 4 heteroatoms. The Balaban J connectivity index is 1.67. The van der Waals surface area contributed by atoms with Crippen molar-refractivity contribution >= 4 is 0 Å². The van der Waals surface area contributed by atoms with Crippen LogP contribution in [0.2, 0.25) is 0 Å². The van der Waals surface area contributed by atoms with Crippen LogP contribution in [-0.4, -0.2) is 27.6 Å². The Labute approximate surface area is 131 Å². The number of aromatic nitrogens is 1. The number of hydrogen-bond acceptors (Lipinski definition) is 4. The van der Waals surface area contributed by atoms with E-state index >= 15 is 0 Å². The van der Waals surface area contributed by atoms with Crippen LogP contribution >= 0.6 is 0 Å². The molecule has 2 atom stereocenters. The lowest BCUT2D eigenvalue weighted by Gasteiger charge is -2.31. The average Bonchev–Trinajstić information content (AvgIpc) is 3.00. The number of furan rings is 1. The van der Waals surface area contributed by atoms with Crippen LogP contribution in [0, 0.1) is 0 Å². The predicted octanol–water partition coefficient (Wildman–Crippen LogP) is 3.54. The quantitative estimate of drug-likeness (QED) is 0.917. The second kappa shape index (κ2) is 7.56. The van der Waals surface area contributed by atoms with Crippen molar-refractivity contribution in [3.8, 4) is 0 Å². The van der Waals surface area contributed by atoms with Gasteiger partial charge in [0.15, 0.2) is 0 Å². The van der Waals surface area contributed by atoms with E-state index in [0.29, 0.717) is 11.8 Å². The fraction of sp³-hybridized carbons (Fsp3) is 0.500. The molecule has 0 bridgehead atoms. The highest BCUT2D eigenvalue weighted by atomic mass is 16.4. The van der Waals surface area contributed by atoms with Gasteiger partial charge in [-0.2, -0.15) is 0 Å². The van der Waals surface area contributed by atoms with Crippen molar-refractivity contribution in [1.82, 2.24) is 9.88 Å². The van der Waals surface area contributed by atoms with Crippen molar-refractivity contribution in [3.05, 3.63) is 54.2 Å². The van der Waals surface area contributed by atoms with E-state index in [-0.39, 0.29) is 0 Å². The van der Waals surface area contributed by atoms with E-state index in [2.05, 4.69) is 16.0 Å². The van der Waals surface area contributed by atoms with Gasteiger partial charge in [0.1, 0.15) is 11.9 Å². The summed E-state index contributed by atoms with van der Waals surface area (Å²) < 4.78 is 5.34. The fourth-order valence-corrected chi connectivity index (χ4v) is 3.29. The van der Waals surface area contributed by atoms with Gasteiger partial charge in [-0.15, -0.1) is 0 Å². The van der Waals surface area contributed by atoms with Crippen LogP contribution < -0.4 is 0 Å². The van der Waals surface area contributed by atoms with E-state index in [1.54, 1.807) is 6.26 Å². The van der Waals surface area contributed by atoms with E-state index in [4.69, 9.17) is 4.42 Å². The first-order valence-electron chi connectivity index (χ1n) is 8.17. The molecule has 118 valence electrons. The van der Waals surface area contributed by atoms with Gasteiger partial charge in [0.25, 0.3) is 0 Å². The third-order valence-electron chi connectivity index (χ3n) is 4.47. The minimum absolute atomic E-state index is 0.391. The summed E-state index contributed by atoms with van der Waals surface area (Å²) in [5.74, 6) is 0.672. The van der Waals surface area contributed by atoms with Gasteiger partial charge in [0, 0.05) is 25.0 Å². The SMILES string of the molecule is OC(CC1CCCCCN1Cc1cccnc1)c1ccco1. The summed E-state index contributed by atoms with van der Waals surface area (Å²) in [7, 11) is 0. The number of likely N-dealkylation sites (tertiary alicyclic amines) is 1. The second-order valence-corrected chi connectivity index (χ2v) is 6.10. The van der Waals surface area contributed by atoms with Gasteiger partial charge < -0.3 is 9.52 Å². The summed E-state index contributed by atoms with van der Waals surface area (Å²) in [6.45, 7) is 1.99. The van der Waals surface area contributed by atoms with E-state index in [1.165, 1.54) is 24.8 Å². The summed E-state index contributed by atoms with van der Waals surface area (Å²) in [6, 6.07) is 8.19. The van der Waals surface area contributed by atoms with Gasteiger partial charge >= 0.3 is 0 Å². The van der Waals surface area contributed by atoms with Crippen LogP contribution in [0.15, 0.2) is 47.3 Å².